The Kier molecular flexibility index (Phi) is 5.87. The first kappa shape index (κ1) is 15.6. The van der Waals surface area contributed by atoms with Crippen LogP contribution in [0.2, 0.25) is 0 Å². The fourth-order valence-electron chi connectivity index (χ4n) is 2.06. The van der Waals surface area contributed by atoms with E-state index < -0.39 is 0 Å². The van der Waals surface area contributed by atoms with Gasteiger partial charge >= 0.3 is 6.09 Å². The summed E-state index contributed by atoms with van der Waals surface area (Å²) < 4.78 is 5.21. The molecule has 0 atom stereocenters. The normalized spacial score (nSPS) is 14.4. The number of hydrogen-bond donors (Lipinski definition) is 1. The molecule has 1 aliphatic heterocycles. The van der Waals surface area contributed by atoms with Crippen LogP contribution in [0.5, 0.6) is 0 Å². The lowest BCUT2D eigenvalue weighted by atomic mass is 10.1. The van der Waals surface area contributed by atoms with E-state index in [9.17, 15) is 9.59 Å². The summed E-state index contributed by atoms with van der Waals surface area (Å²) in [5, 5.41) is 2.86. The number of ether oxygens (including phenoxy) is 1. The predicted octanol–water partition coefficient (Wildman–Crippen LogP) is 2.14. The maximum absolute atomic E-state index is 11.8. The molecule has 6 heteroatoms. The number of carbonyl (C=O) groups is 2. The van der Waals surface area contributed by atoms with Gasteiger partial charge in [0.1, 0.15) is 6.61 Å². The third-order valence-electron chi connectivity index (χ3n) is 3.25. The number of carbonyl (C=O) groups excluding carboxylic acids is 2. The molecule has 1 N–H and O–H groups in total. The molecule has 21 heavy (non-hydrogen) atoms. The summed E-state index contributed by atoms with van der Waals surface area (Å²) in [6.07, 6.45) is 0.756. The molecule has 5 nitrogen and oxygen atoms in total. The van der Waals surface area contributed by atoms with Gasteiger partial charge in [0.2, 0.25) is 5.91 Å². The van der Waals surface area contributed by atoms with Crippen molar-refractivity contribution in [2.24, 2.45) is 0 Å². The summed E-state index contributed by atoms with van der Waals surface area (Å²) in [7, 11) is 0. The Hall–Kier alpha value is -1.75. The highest BCUT2D eigenvalue weighted by Gasteiger charge is 2.32. The number of hydrogen-bond acceptors (Lipinski definition) is 3. The van der Waals surface area contributed by atoms with E-state index in [1.165, 1.54) is 0 Å². The summed E-state index contributed by atoms with van der Waals surface area (Å²) in [5.41, 5.74) is 0.956. The summed E-state index contributed by atoms with van der Waals surface area (Å²) in [4.78, 5) is 24.8. The van der Waals surface area contributed by atoms with Crippen LogP contribution < -0.4 is 5.32 Å². The molecular weight excluding hydrogens is 292 g/mol. The zero-order valence-electron chi connectivity index (χ0n) is 11.8. The van der Waals surface area contributed by atoms with Crippen LogP contribution in [0.25, 0.3) is 0 Å². The van der Waals surface area contributed by atoms with Crippen LogP contribution in [-0.4, -0.2) is 41.9 Å². The number of likely N-dealkylation sites (tertiary alicyclic amines) is 1. The van der Waals surface area contributed by atoms with E-state index in [0.29, 0.717) is 31.8 Å². The van der Waals surface area contributed by atoms with Crippen molar-refractivity contribution in [3.8, 4) is 0 Å². The molecule has 1 aromatic rings. The number of rotatable bonds is 6. The molecule has 0 radical (unpaired) electrons. The van der Waals surface area contributed by atoms with Crippen LogP contribution >= 0.6 is 11.6 Å². The lowest BCUT2D eigenvalue weighted by molar-refractivity contribution is -0.122. The van der Waals surface area contributed by atoms with Gasteiger partial charge in [0.15, 0.2) is 0 Å². The molecule has 0 bridgehead atoms. The van der Waals surface area contributed by atoms with Crippen molar-refractivity contribution in [1.29, 1.82) is 0 Å². The van der Waals surface area contributed by atoms with E-state index in [-0.39, 0.29) is 24.6 Å². The van der Waals surface area contributed by atoms with Crippen molar-refractivity contribution in [2.75, 3.05) is 19.0 Å². The third kappa shape index (κ3) is 4.93. The number of alkyl halides is 1. The first-order valence-electron chi connectivity index (χ1n) is 7.00. The second-order valence-corrected chi connectivity index (χ2v) is 5.38. The second kappa shape index (κ2) is 7.88. The van der Waals surface area contributed by atoms with E-state index in [4.69, 9.17) is 16.3 Å². The fraction of sp³-hybridized carbons (Fsp3) is 0.467. The van der Waals surface area contributed by atoms with E-state index in [2.05, 4.69) is 5.32 Å². The zero-order chi connectivity index (χ0) is 15.1. The zero-order valence-corrected chi connectivity index (χ0v) is 12.5. The molecule has 1 aromatic carbocycles. The molecule has 1 heterocycles. The summed E-state index contributed by atoms with van der Waals surface area (Å²) >= 11 is 5.53. The van der Waals surface area contributed by atoms with Crippen LogP contribution in [0, 0.1) is 0 Å². The Labute approximate surface area is 129 Å². The number of nitrogens with one attached hydrogen (secondary N) is 1. The van der Waals surface area contributed by atoms with E-state index >= 15 is 0 Å². The third-order valence-corrected chi connectivity index (χ3v) is 3.51. The first-order valence-corrected chi connectivity index (χ1v) is 7.53. The van der Waals surface area contributed by atoms with Crippen molar-refractivity contribution in [1.82, 2.24) is 10.2 Å². The predicted molar refractivity (Wildman–Crippen MR) is 80.1 cm³/mol. The maximum Gasteiger partial charge on any atom is 0.410 e. The van der Waals surface area contributed by atoms with Crippen molar-refractivity contribution < 1.29 is 14.3 Å². The highest BCUT2D eigenvalue weighted by molar-refractivity contribution is 6.17. The van der Waals surface area contributed by atoms with Crippen molar-refractivity contribution in [3.63, 3.8) is 0 Å². The Balaban J connectivity index is 1.62. The second-order valence-electron chi connectivity index (χ2n) is 5.00. The molecule has 0 unspecified atom stereocenters. The molecule has 0 aliphatic carbocycles. The van der Waals surface area contributed by atoms with Gasteiger partial charge in [-0.15, -0.1) is 11.6 Å². The van der Waals surface area contributed by atoms with E-state index in [0.717, 1.165) is 5.56 Å². The molecule has 0 saturated carbocycles. The minimum absolute atomic E-state index is 0.0158. The van der Waals surface area contributed by atoms with E-state index in [1.807, 2.05) is 30.3 Å². The van der Waals surface area contributed by atoms with Gasteiger partial charge in [-0.05, 0) is 12.0 Å². The molecule has 0 aromatic heterocycles. The minimum atomic E-state index is -0.342. The first-order chi connectivity index (χ1) is 10.2. The maximum atomic E-state index is 11.8. The highest BCUT2D eigenvalue weighted by Crippen LogP contribution is 2.11. The van der Waals surface area contributed by atoms with Crippen LogP contribution in [0.3, 0.4) is 0 Å². The highest BCUT2D eigenvalue weighted by atomic mass is 35.5. The molecule has 2 amide bonds. The molecule has 1 aliphatic rings. The van der Waals surface area contributed by atoms with Crippen molar-refractivity contribution in [2.45, 2.75) is 25.5 Å². The molecule has 1 fully saturated rings. The Morgan fingerprint density at radius 2 is 2.00 bits per heavy atom. The van der Waals surface area contributed by atoms with Gasteiger partial charge in [0.05, 0.1) is 6.04 Å². The van der Waals surface area contributed by atoms with Gasteiger partial charge in [-0.25, -0.2) is 4.79 Å². The number of benzene rings is 1. The minimum Gasteiger partial charge on any atom is -0.445 e. The van der Waals surface area contributed by atoms with E-state index in [1.54, 1.807) is 4.90 Å². The number of amides is 2. The van der Waals surface area contributed by atoms with Crippen LogP contribution in [0.15, 0.2) is 30.3 Å². The number of halogens is 1. The van der Waals surface area contributed by atoms with Crippen molar-refractivity contribution in [3.05, 3.63) is 35.9 Å². The summed E-state index contributed by atoms with van der Waals surface area (Å²) in [6, 6.07) is 9.56. The smallest absolute Gasteiger partial charge is 0.410 e. The topological polar surface area (TPSA) is 58.6 Å². The largest absolute Gasteiger partial charge is 0.445 e. The van der Waals surface area contributed by atoms with Gasteiger partial charge in [0.25, 0.3) is 0 Å². The van der Waals surface area contributed by atoms with Crippen LogP contribution in [-0.2, 0) is 16.1 Å². The standard InChI is InChI=1S/C15H19ClN2O3/c16-8-4-7-14(19)17-13-9-18(10-13)15(20)21-11-12-5-2-1-3-6-12/h1-3,5-6,13H,4,7-11H2,(H,17,19). The van der Waals surface area contributed by atoms with Gasteiger partial charge in [-0.3, -0.25) is 4.79 Å². The van der Waals surface area contributed by atoms with Gasteiger partial charge < -0.3 is 15.0 Å². The SMILES string of the molecule is O=C(CCCCl)NC1CN(C(=O)OCc2ccccc2)C1. The van der Waals surface area contributed by atoms with Crippen LogP contribution in [0.1, 0.15) is 18.4 Å². The lowest BCUT2D eigenvalue weighted by Crippen LogP contribution is -2.61. The summed E-state index contributed by atoms with van der Waals surface area (Å²) in [6.45, 7) is 1.27. The van der Waals surface area contributed by atoms with Crippen molar-refractivity contribution >= 4 is 23.6 Å². The quantitative estimate of drug-likeness (QED) is 0.819. The Morgan fingerprint density at radius 3 is 2.67 bits per heavy atom. The van der Waals surface area contributed by atoms with Crippen LogP contribution in [0.4, 0.5) is 4.79 Å². The van der Waals surface area contributed by atoms with Gasteiger partial charge in [-0.2, -0.15) is 0 Å². The average molecular weight is 311 g/mol. The summed E-state index contributed by atoms with van der Waals surface area (Å²) in [5.74, 6) is 0.466. The Morgan fingerprint density at radius 1 is 1.29 bits per heavy atom. The molecular formula is C15H19ClN2O3. The molecule has 114 valence electrons. The fourth-order valence-corrected chi connectivity index (χ4v) is 2.19. The molecule has 2 rings (SSSR count). The van der Waals surface area contributed by atoms with Gasteiger partial charge in [0, 0.05) is 25.4 Å². The Bertz CT molecular complexity index is 475. The molecule has 0 spiro atoms. The average Bonchev–Trinajstić information content (AvgIpc) is 2.47. The lowest BCUT2D eigenvalue weighted by Gasteiger charge is -2.38. The van der Waals surface area contributed by atoms with Gasteiger partial charge in [-0.1, -0.05) is 30.3 Å². The molecule has 1 saturated heterocycles. The monoisotopic (exact) mass is 310 g/mol. The number of nitrogens with zero attached hydrogens (tertiary/aromatic N) is 1.